The van der Waals surface area contributed by atoms with Crippen LogP contribution in [0.25, 0.3) is 0 Å². The van der Waals surface area contributed by atoms with Crippen LogP contribution in [0.4, 0.5) is 26.3 Å². The molecule has 0 aromatic heterocycles. The molecular formula is C57H59BrCl2F6N2O2. The van der Waals surface area contributed by atoms with Gasteiger partial charge in [-0.15, -0.1) is 0 Å². The van der Waals surface area contributed by atoms with Crippen molar-refractivity contribution in [3.8, 4) is 0 Å². The molecule has 2 amide bonds. The zero-order valence-electron chi connectivity index (χ0n) is 40.5. The molecule has 0 radical (unpaired) electrons. The van der Waals surface area contributed by atoms with Crippen molar-refractivity contribution in [2.75, 3.05) is 13.1 Å². The molecule has 0 N–H and O–H groups in total. The summed E-state index contributed by atoms with van der Waals surface area (Å²) in [5.41, 5.74) is 5.81. The molecule has 0 saturated heterocycles. The molecule has 0 spiro atoms. The van der Waals surface area contributed by atoms with E-state index in [-0.39, 0.29) is 42.2 Å². The minimum atomic E-state index is -4.41. The van der Waals surface area contributed by atoms with Crippen LogP contribution in [0.2, 0.25) is 10.0 Å². The van der Waals surface area contributed by atoms with Crippen LogP contribution in [0.5, 0.6) is 0 Å². The van der Waals surface area contributed by atoms with Gasteiger partial charge in [0.1, 0.15) is 0 Å². The van der Waals surface area contributed by atoms with Gasteiger partial charge in [0.05, 0.1) is 16.7 Å². The Bertz CT molecular complexity index is 2710. The summed E-state index contributed by atoms with van der Waals surface area (Å²) in [6.07, 6.45) is -6.50. The molecule has 6 rings (SSSR count). The molecule has 13 heteroatoms. The molecule has 0 aliphatic heterocycles. The van der Waals surface area contributed by atoms with Crippen molar-refractivity contribution < 1.29 is 35.9 Å². The zero-order chi connectivity index (χ0) is 51.6. The number of rotatable bonds is 14. The van der Waals surface area contributed by atoms with Crippen LogP contribution in [-0.4, -0.2) is 34.7 Å². The summed E-state index contributed by atoms with van der Waals surface area (Å²) in [5, 5.41) is 0.926. The lowest BCUT2D eigenvalue weighted by molar-refractivity contribution is -0.138. The van der Waals surface area contributed by atoms with Crippen molar-refractivity contribution in [3.63, 3.8) is 0 Å². The van der Waals surface area contributed by atoms with Gasteiger partial charge < -0.3 is 9.80 Å². The van der Waals surface area contributed by atoms with Gasteiger partial charge in [0.15, 0.2) is 0 Å². The number of nitrogens with zero attached hydrogens (tertiary/aromatic N) is 2. The summed E-state index contributed by atoms with van der Waals surface area (Å²) in [6, 6.07) is 37.0. The Morgan fingerprint density at radius 1 is 0.486 bits per heavy atom. The summed E-state index contributed by atoms with van der Waals surface area (Å²) >= 11 is 15.8. The highest BCUT2D eigenvalue weighted by Gasteiger charge is 2.31. The molecule has 6 aromatic rings. The molecule has 70 heavy (non-hydrogen) atoms. The topological polar surface area (TPSA) is 40.6 Å². The molecule has 0 saturated carbocycles. The van der Waals surface area contributed by atoms with Gasteiger partial charge in [-0.2, -0.15) is 26.3 Å². The Labute approximate surface area is 427 Å². The van der Waals surface area contributed by atoms with E-state index in [0.717, 1.165) is 53.8 Å². The molecule has 0 heterocycles. The van der Waals surface area contributed by atoms with Crippen molar-refractivity contribution in [3.05, 3.63) is 209 Å². The van der Waals surface area contributed by atoms with E-state index in [9.17, 15) is 35.9 Å². The van der Waals surface area contributed by atoms with Crippen LogP contribution in [0.1, 0.15) is 126 Å². The Kier molecular flexibility index (Phi) is 19.0. The van der Waals surface area contributed by atoms with Crippen LogP contribution in [0, 0.1) is 0 Å². The highest BCUT2D eigenvalue weighted by Crippen LogP contribution is 2.32. The van der Waals surface area contributed by atoms with Crippen LogP contribution >= 0.6 is 39.1 Å². The predicted octanol–water partition coefficient (Wildman–Crippen LogP) is 16.8. The second-order valence-corrected chi connectivity index (χ2v) is 21.2. The van der Waals surface area contributed by atoms with E-state index >= 15 is 0 Å². The molecule has 4 nitrogen and oxygen atoms in total. The number of carbonyl (C=O) groups is 2. The lowest BCUT2D eigenvalue weighted by Crippen LogP contribution is -2.33. The third-order valence-corrected chi connectivity index (χ3v) is 12.9. The number of amides is 2. The van der Waals surface area contributed by atoms with Gasteiger partial charge in [0.25, 0.3) is 11.8 Å². The first-order chi connectivity index (χ1) is 32.7. The number of alkyl halides is 6. The quantitative estimate of drug-likeness (QED) is 0.102. The van der Waals surface area contributed by atoms with E-state index in [1.54, 1.807) is 46.2 Å². The number of hydrogen-bond donors (Lipinski definition) is 0. The monoisotopic (exact) mass is 1070 g/mol. The lowest BCUT2D eigenvalue weighted by Gasteiger charge is -2.25. The molecule has 0 bridgehead atoms. The van der Waals surface area contributed by atoms with E-state index in [4.69, 9.17) is 23.2 Å². The van der Waals surface area contributed by atoms with E-state index in [1.807, 2.05) is 48.5 Å². The maximum atomic E-state index is 13.6. The highest BCUT2D eigenvalue weighted by molar-refractivity contribution is 9.10. The molecule has 0 fully saturated rings. The second-order valence-electron chi connectivity index (χ2n) is 19.5. The van der Waals surface area contributed by atoms with Gasteiger partial charge >= 0.3 is 12.4 Å². The fourth-order valence-electron chi connectivity index (χ4n) is 7.72. The summed E-state index contributed by atoms with van der Waals surface area (Å²) in [5.74, 6) is -0.442. The average molecular weight is 1070 g/mol. The standard InChI is InChI=1S/C30H33ClF3NO.C27H26BrClF3NO/c1-5-7-23-16-24(19-27(31)18-23)28(36)35(20-22-10-12-25(13-11-22)29(2,3)4)15-14-21-8-6-9-26(17-21)30(32,33)34;1-26(2,3)20-9-7-19(8-10-20)17-33(25(34)23-16-22(29)11-12-24(23)28)14-13-18-5-4-6-21(15-18)27(30,31)32/h6,8-13,16-19H,5,7,14-15,20H2,1-4H3;4-12,15-16H,13-14,17H2,1-3H3. The number of halogens is 9. The minimum absolute atomic E-state index is 0.00316. The molecule has 0 atom stereocenters. The van der Waals surface area contributed by atoms with Crippen molar-refractivity contribution in [1.82, 2.24) is 9.80 Å². The molecule has 6 aromatic carbocycles. The van der Waals surface area contributed by atoms with Crippen LogP contribution in [0.3, 0.4) is 0 Å². The number of aryl methyl sites for hydroxylation is 1. The van der Waals surface area contributed by atoms with E-state index < -0.39 is 23.5 Å². The van der Waals surface area contributed by atoms with Gasteiger partial charge in [0, 0.05) is 46.3 Å². The summed E-state index contributed by atoms with van der Waals surface area (Å²) in [6.45, 7) is 16.1. The maximum absolute atomic E-state index is 13.6. The maximum Gasteiger partial charge on any atom is 0.416 e. The van der Waals surface area contributed by atoms with Crippen LogP contribution in [-0.2, 0) is 55.5 Å². The first-order valence-electron chi connectivity index (χ1n) is 23.1. The Morgan fingerprint density at radius 3 is 1.37 bits per heavy atom. The first-order valence-corrected chi connectivity index (χ1v) is 24.6. The van der Waals surface area contributed by atoms with Gasteiger partial charge in [-0.1, -0.05) is 163 Å². The SMILES string of the molecule is CC(C)(C)c1ccc(CN(CCc2cccc(C(F)(F)F)c2)C(=O)c2cc(Cl)ccc2Br)cc1.CCCc1cc(Cl)cc(C(=O)N(CCc2cccc(C(F)(F)F)c2)Cc2ccc(C(C)(C)C)cc2)c1. The van der Waals surface area contributed by atoms with Crippen LogP contribution in [0.15, 0.2) is 138 Å². The first kappa shape index (κ1) is 55.8. The molecule has 0 unspecified atom stereocenters. The Balaban J connectivity index is 0.000000261. The predicted molar refractivity (Wildman–Crippen MR) is 275 cm³/mol. The van der Waals surface area contributed by atoms with Gasteiger partial charge in [-0.05, 0) is 133 Å². The average Bonchev–Trinajstić information content (AvgIpc) is 3.29. The number of carbonyl (C=O) groups excluding carboxylic acids is 2. The normalized spacial score (nSPS) is 12.0. The lowest BCUT2D eigenvalue weighted by atomic mass is 9.86. The van der Waals surface area contributed by atoms with Gasteiger partial charge in [0.2, 0.25) is 0 Å². The summed E-state index contributed by atoms with van der Waals surface area (Å²) in [4.78, 5) is 30.4. The van der Waals surface area contributed by atoms with Crippen molar-refractivity contribution in [2.45, 2.75) is 110 Å². The van der Waals surface area contributed by atoms with E-state index in [2.05, 4.69) is 76.5 Å². The second kappa shape index (κ2) is 23.9. The molecule has 0 aliphatic rings. The van der Waals surface area contributed by atoms with Crippen LogP contribution < -0.4 is 0 Å². The van der Waals surface area contributed by atoms with Crippen molar-refractivity contribution in [1.29, 1.82) is 0 Å². The Morgan fingerprint density at radius 2 is 0.943 bits per heavy atom. The smallest absolute Gasteiger partial charge is 0.334 e. The van der Waals surface area contributed by atoms with Gasteiger partial charge in [-0.3, -0.25) is 9.59 Å². The number of hydrogen-bond acceptors (Lipinski definition) is 2. The third-order valence-electron chi connectivity index (χ3n) is 11.7. The summed E-state index contributed by atoms with van der Waals surface area (Å²) < 4.78 is 79.5. The van der Waals surface area contributed by atoms with Crippen molar-refractivity contribution in [2.24, 2.45) is 0 Å². The number of benzene rings is 6. The Hall–Kier alpha value is -5.10. The zero-order valence-corrected chi connectivity index (χ0v) is 43.6. The fraction of sp³-hybridized carbons (Fsp3) is 0.333. The third kappa shape index (κ3) is 16.5. The largest absolute Gasteiger partial charge is 0.416 e. The fourth-order valence-corrected chi connectivity index (χ4v) is 8.57. The molecular weight excluding hydrogens is 1010 g/mol. The molecule has 0 aliphatic carbocycles. The molecule has 372 valence electrons. The van der Waals surface area contributed by atoms with Crippen molar-refractivity contribution >= 4 is 50.9 Å². The summed E-state index contributed by atoms with van der Waals surface area (Å²) in [7, 11) is 0. The van der Waals surface area contributed by atoms with Gasteiger partial charge in [-0.25, -0.2) is 0 Å². The van der Waals surface area contributed by atoms with E-state index in [0.29, 0.717) is 56.3 Å². The van der Waals surface area contributed by atoms with E-state index in [1.165, 1.54) is 23.3 Å². The highest BCUT2D eigenvalue weighted by atomic mass is 79.9. The minimum Gasteiger partial charge on any atom is -0.334 e.